The molecule has 2 atom stereocenters. The van der Waals surface area contributed by atoms with E-state index in [0.717, 1.165) is 11.1 Å². The number of nitrogens with one attached hydrogen (secondary N) is 2. The third-order valence-corrected chi connectivity index (χ3v) is 6.45. The third kappa shape index (κ3) is 11.2. The summed E-state index contributed by atoms with van der Waals surface area (Å²) in [6.45, 7) is 20.9. The number of carbonyl (C=O) groups is 4. The molecular formula is C31H51N3O6. The first-order valence-corrected chi connectivity index (χ1v) is 14.3. The van der Waals surface area contributed by atoms with E-state index >= 15 is 0 Å². The second-order valence-electron chi connectivity index (χ2n) is 12.4. The number of hydrogen-bond acceptors (Lipinski definition) is 6. The Hall–Kier alpha value is -3.10. The molecule has 0 spiro atoms. The number of carbonyl (C=O) groups excluding carboxylic acids is 4. The second kappa shape index (κ2) is 15.1. The van der Waals surface area contributed by atoms with Crippen LogP contribution in [0.4, 0.5) is 4.79 Å². The van der Waals surface area contributed by atoms with Gasteiger partial charge in [0.2, 0.25) is 11.8 Å². The molecule has 226 valence electrons. The predicted molar refractivity (Wildman–Crippen MR) is 157 cm³/mol. The van der Waals surface area contributed by atoms with Gasteiger partial charge in [0.05, 0.1) is 13.0 Å². The number of esters is 1. The van der Waals surface area contributed by atoms with Crippen molar-refractivity contribution in [1.29, 1.82) is 0 Å². The van der Waals surface area contributed by atoms with Gasteiger partial charge in [-0.1, -0.05) is 50.1 Å². The van der Waals surface area contributed by atoms with Gasteiger partial charge in [-0.05, 0) is 79.7 Å². The Morgan fingerprint density at radius 1 is 0.950 bits per heavy atom. The van der Waals surface area contributed by atoms with Crippen LogP contribution in [0.2, 0.25) is 0 Å². The van der Waals surface area contributed by atoms with Gasteiger partial charge < -0.3 is 25.0 Å². The molecule has 2 unspecified atom stereocenters. The van der Waals surface area contributed by atoms with Crippen LogP contribution < -0.4 is 10.6 Å². The molecule has 1 aromatic rings. The van der Waals surface area contributed by atoms with E-state index in [4.69, 9.17) is 9.47 Å². The number of rotatable bonds is 13. The lowest BCUT2D eigenvalue weighted by molar-refractivity contribution is -0.150. The summed E-state index contributed by atoms with van der Waals surface area (Å²) in [6.07, 6.45) is 0.234. The summed E-state index contributed by atoms with van der Waals surface area (Å²) >= 11 is 0. The zero-order valence-corrected chi connectivity index (χ0v) is 26.4. The summed E-state index contributed by atoms with van der Waals surface area (Å²) in [6, 6.07) is 3.88. The summed E-state index contributed by atoms with van der Waals surface area (Å²) in [7, 11) is 0. The number of ether oxygens (including phenoxy) is 2. The van der Waals surface area contributed by atoms with Crippen molar-refractivity contribution < 1.29 is 28.7 Å². The normalized spacial score (nSPS) is 13.3. The molecular weight excluding hydrogens is 510 g/mol. The molecule has 0 radical (unpaired) electrons. The molecule has 0 aliphatic heterocycles. The molecule has 1 aromatic carbocycles. The molecule has 0 aliphatic carbocycles. The topological polar surface area (TPSA) is 114 Å². The Kier molecular flexibility index (Phi) is 13.1. The van der Waals surface area contributed by atoms with E-state index < -0.39 is 41.2 Å². The largest absolute Gasteiger partial charge is 0.466 e. The number of amides is 3. The van der Waals surface area contributed by atoms with Crippen molar-refractivity contribution in [2.75, 3.05) is 13.2 Å². The minimum atomic E-state index is -1.00. The highest BCUT2D eigenvalue weighted by Crippen LogP contribution is 2.33. The highest BCUT2D eigenvalue weighted by atomic mass is 16.6. The van der Waals surface area contributed by atoms with Gasteiger partial charge in [-0.2, -0.15) is 0 Å². The first kappa shape index (κ1) is 34.9. The van der Waals surface area contributed by atoms with E-state index in [0.29, 0.717) is 18.4 Å². The van der Waals surface area contributed by atoms with Gasteiger partial charge in [-0.15, -0.1) is 0 Å². The summed E-state index contributed by atoms with van der Waals surface area (Å²) in [4.78, 5) is 54.6. The molecule has 0 fully saturated rings. The summed E-state index contributed by atoms with van der Waals surface area (Å²) in [5.41, 5.74) is 1.06. The minimum absolute atomic E-state index is 0.0143. The Morgan fingerprint density at radius 2 is 1.52 bits per heavy atom. The highest BCUT2D eigenvalue weighted by Gasteiger charge is 2.43. The first-order valence-electron chi connectivity index (χ1n) is 14.3. The van der Waals surface area contributed by atoms with Gasteiger partial charge in [-0.3, -0.25) is 14.4 Å². The van der Waals surface area contributed by atoms with Gasteiger partial charge in [0.1, 0.15) is 17.7 Å². The first-order chi connectivity index (χ1) is 18.4. The smallest absolute Gasteiger partial charge is 0.408 e. The molecule has 0 aromatic heterocycles. The average molecular weight is 562 g/mol. The van der Waals surface area contributed by atoms with E-state index in [1.807, 2.05) is 66.7 Å². The van der Waals surface area contributed by atoms with Gasteiger partial charge in [-0.25, -0.2) is 4.79 Å². The molecule has 1 rings (SSSR count). The van der Waals surface area contributed by atoms with Gasteiger partial charge >= 0.3 is 12.1 Å². The molecule has 0 aliphatic rings. The number of hydrogen-bond donors (Lipinski definition) is 2. The lowest BCUT2D eigenvalue weighted by Gasteiger charge is -2.45. The lowest BCUT2D eigenvalue weighted by Crippen LogP contribution is -2.59. The number of benzene rings is 1. The molecule has 0 saturated carbocycles. The van der Waals surface area contributed by atoms with Crippen LogP contribution in [0, 0.1) is 19.8 Å². The van der Waals surface area contributed by atoms with Crippen molar-refractivity contribution in [1.82, 2.24) is 15.5 Å². The van der Waals surface area contributed by atoms with Crippen LogP contribution in [-0.4, -0.2) is 59.1 Å². The molecule has 3 amide bonds. The minimum Gasteiger partial charge on any atom is -0.466 e. The van der Waals surface area contributed by atoms with E-state index in [1.54, 1.807) is 32.6 Å². The zero-order chi connectivity index (χ0) is 30.8. The zero-order valence-electron chi connectivity index (χ0n) is 26.4. The Bertz CT molecular complexity index is 1010. The average Bonchev–Trinajstić information content (AvgIpc) is 2.79. The van der Waals surface area contributed by atoms with Crippen molar-refractivity contribution in [3.05, 3.63) is 34.9 Å². The number of nitrogens with zero attached hydrogens (tertiary/aromatic N) is 1. The third-order valence-electron chi connectivity index (χ3n) is 6.45. The monoisotopic (exact) mass is 561 g/mol. The maximum atomic E-state index is 14.4. The maximum absolute atomic E-state index is 14.4. The van der Waals surface area contributed by atoms with Crippen molar-refractivity contribution in [3.63, 3.8) is 0 Å². The summed E-state index contributed by atoms with van der Waals surface area (Å²) in [5, 5.41) is 5.62. The Labute approximate surface area is 240 Å². The van der Waals surface area contributed by atoms with Gasteiger partial charge in [0.25, 0.3) is 0 Å². The Morgan fingerprint density at radius 3 is 2.00 bits per heavy atom. The van der Waals surface area contributed by atoms with Crippen molar-refractivity contribution in [2.45, 2.75) is 119 Å². The number of alkyl carbamates (subject to hydrolysis) is 1. The van der Waals surface area contributed by atoms with Crippen molar-refractivity contribution in [3.8, 4) is 0 Å². The SMILES string of the molecule is CCOC(=O)CCNC(=O)C(c1cc(C)cc(C)c1)N(C(=O)C(CC(C)C)NC(=O)OC(C)(C)C)C(C)(C)CC. The molecule has 0 bridgehead atoms. The summed E-state index contributed by atoms with van der Waals surface area (Å²) < 4.78 is 10.5. The second-order valence-corrected chi connectivity index (χ2v) is 12.4. The molecule has 2 N–H and O–H groups in total. The van der Waals surface area contributed by atoms with E-state index in [9.17, 15) is 19.2 Å². The predicted octanol–water partition coefficient (Wildman–Crippen LogP) is 5.37. The fraction of sp³-hybridized carbons (Fsp3) is 0.677. The van der Waals surface area contributed by atoms with Crippen LogP contribution in [0.5, 0.6) is 0 Å². The van der Waals surface area contributed by atoms with Crippen LogP contribution >= 0.6 is 0 Å². The van der Waals surface area contributed by atoms with Gasteiger partial charge in [0.15, 0.2) is 0 Å². The molecule has 40 heavy (non-hydrogen) atoms. The van der Waals surface area contributed by atoms with Crippen LogP contribution in [0.1, 0.15) is 104 Å². The fourth-order valence-electron chi connectivity index (χ4n) is 4.46. The van der Waals surface area contributed by atoms with Crippen LogP contribution in [0.15, 0.2) is 18.2 Å². The van der Waals surface area contributed by atoms with Crippen molar-refractivity contribution >= 4 is 23.9 Å². The molecule has 0 saturated heterocycles. The standard InChI is InChI=1S/C31H51N3O6/c1-12-31(10,11)34(28(37)24(16-20(3)4)33-29(38)40-30(7,8)9)26(23-18-21(5)17-22(6)19-23)27(36)32-15-14-25(35)39-13-2/h17-20,24,26H,12-16H2,1-11H3,(H,32,36)(H,33,38). The fourth-order valence-corrected chi connectivity index (χ4v) is 4.46. The summed E-state index contributed by atoms with van der Waals surface area (Å²) in [5.74, 6) is -1.12. The molecule has 9 nitrogen and oxygen atoms in total. The van der Waals surface area contributed by atoms with E-state index in [1.165, 1.54) is 0 Å². The quantitative estimate of drug-likeness (QED) is 0.313. The van der Waals surface area contributed by atoms with Crippen LogP contribution in [0.3, 0.4) is 0 Å². The van der Waals surface area contributed by atoms with Crippen molar-refractivity contribution in [2.24, 2.45) is 5.92 Å². The van der Waals surface area contributed by atoms with E-state index in [2.05, 4.69) is 10.6 Å². The van der Waals surface area contributed by atoms with Gasteiger partial charge in [0, 0.05) is 12.1 Å². The lowest BCUT2D eigenvalue weighted by atomic mass is 9.90. The Balaban J connectivity index is 3.63. The molecule has 9 heteroatoms. The van der Waals surface area contributed by atoms with Crippen LogP contribution in [0.25, 0.3) is 0 Å². The highest BCUT2D eigenvalue weighted by molar-refractivity contribution is 5.93. The molecule has 0 heterocycles. The van der Waals surface area contributed by atoms with E-state index in [-0.39, 0.29) is 31.4 Å². The maximum Gasteiger partial charge on any atom is 0.408 e. The van der Waals surface area contributed by atoms with Crippen LogP contribution in [-0.2, 0) is 23.9 Å². The number of aryl methyl sites for hydroxylation is 2.